The summed E-state index contributed by atoms with van der Waals surface area (Å²) < 4.78 is 24.6. The van der Waals surface area contributed by atoms with Crippen LogP contribution in [0.25, 0.3) is 0 Å². The number of H-pyrrole nitrogens is 1. The van der Waals surface area contributed by atoms with Crippen LogP contribution in [-0.2, 0) is 6.54 Å². The van der Waals surface area contributed by atoms with Crippen LogP contribution in [-0.4, -0.2) is 16.0 Å². The minimum Gasteiger partial charge on any atom is -0.309 e. The van der Waals surface area contributed by atoms with Crippen LogP contribution in [0.4, 0.5) is 8.78 Å². The first-order chi connectivity index (χ1) is 6.99. The Morgan fingerprint density at radius 2 is 2.20 bits per heavy atom. The molecule has 1 heterocycles. The molecule has 0 amide bonds. The summed E-state index contributed by atoms with van der Waals surface area (Å²) in [5, 5.41) is 2.98. The highest BCUT2D eigenvalue weighted by molar-refractivity contribution is 5.03. The molecule has 6 heteroatoms. The molecule has 0 atom stereocenters. The third-order valence-electron chi connectivity index (χ3n) is 1.71. The quantitative estimate of drug-likeness (QED) is 0.796. The van der Waals surface area contributed by atoms with E-state index in [0.717, 1.165) is 6.07 Å². The number of nitrogens with zero attached hydrogens (tertiary/aromatic N) is 1. The SMILES string of the molecule is CC(C)NCc1nc(C(F)F)cc(=O)[nH]1. The van der Waals surface area contributed by atoms with E-state index in [9.17, 15) is 13.6 Å². The first kappa shape index (κ1) is 11.8. The van der Waals surface area contributed by atoms with Crippen LogP contribution in [0.1, 0.15) is 31.8 Å². The zero-order valence-corrected chi connectivity index (χ0v) is 8.55. The van der Waals surface area contributed by atoms with Crippen LogP contribution in [0.2, 0.25) is 0 Å². The van der Waals surface area contributed by atoms with Crippen molar-refractivity contribution in [3.05, 3.63) is 27.9 Å². The molecule has 4 nitrogen and oxygen atoms in total. The van der Waals surface area contributed by atoms with E-state index in [1.54, 1.807) is 0 Å². The Morgan fingerprint density at radius 3 is 2.73 bits per heavy atom. The standard InChI is InChI=1S/C9H13F2N3O/c1-5(2)12-4-7-13-6(9(10)11)3-8(15)14-7/h3,5,9,12H,4H2,1-2H3,(H,13,14,15). The molecular formula is C9H13F2N3O. The zero-order valence-electron chi connectivity index (χ0n) is 8.55. The van der Waals surface area contributed by atoms with Crippen molar-refractivity contribution >= 4 is 0 Å². The summed E-state index contributed by atoms with van der Waals surface area (Å²) >= 11 is 0. The number of hydrogen-bond acceptors (Lipinski definition) is 3. The Labute approximate surface area is 85.7 Å². The molecule has 0 radical (unpaired) electrons. The third-order valence-corrected chi connectivity index (χ3v) is 1.71. The molecule has 0 aromatic carbocycles. The molecule has 1 rings (SSSR count). The second kappa shape index (κ2) is 4.97. The highest BCUT2D eigenvalue weighted by Gasteiger charge is 2.11. The first-order valence-electron chi connectivity index (χ1n) is 4.60. The van der Waals surface area contributed by atoms with E-state index in [-0.39, 0.29) is 18.4 Å². The molecular weight excluding hydrogens is 204 g/mol. The van der Waals surface area contributed by atoms with Crippen LogP contribution in [0.5, 0.6) is 0 Å². The van der Waals surface area contributed by atoms with Gasteiger partial charge in [0, 0.05) is 12.1 Å². The lowest BCUT2D eigenvalue weighted by Crippen LogP contribution is -2.25. The number of halogens is 2. The minimum atomic E-state index is -2.72. The second-order valence-electron chi connectivity index (χ2n) is 3.45. The van der Waals surface area contributed by atoms with Gasteiger partial charge >= 0.3 is 0 Å². The summed E-state index contributed by atoms with van der Waals surface area (Å²) in [6.45, 7) is 4.09. The van der Waals surface area contributed by atoms with Crippen LogP contribution in [0, 0.1) is 0 Å². The van der Waals surface area contributed by atoms with Gasteiger partial charge in [0.15, 0.2) is 0 Å². The fourth-order valence-corrected chi connectivity index (χ4v) is 1.02. The summed E-state index contributed by atoms with van der Waals surface area (Å²) in [5.74, 6) is 0.228. The molecule has 84 valence electrons. The highest BCUT2D eigenvalue weighted by atomic mass is 19.3. The largest absolute Gasteiger partial charge is 0.309 e. The van der Waals surface area contributed by atoms with Gasteiger partial charge in [-0.3, -0.25) is 4.79 Å². The Balaban J connectivity index is 2.84. The van der Waals surface area contributed by atoms with Crippen molar-refractivity contribution < 1.29 is 8.78 Å². The molecule has 0 unspecified atom stereocenters. The van der Waals surface area contributed by atoms with Gasteiger partial charge in [0.25, 0.3) is 12.0 Å². The number of aromatic amines is 1. The third kappa shape index (κ3) is 3.75. The van der Waals surface area contributed by atoms with Crippen molar-refractivity contribution in [2.75, 3.05) is 0 Å². The summed E-state index contributed by atoms with van der Waals surface area (Å²) in [7, 11) is 0. The lowest BCUT2D eigenvalue weighted by molar-refractivity contribution is 0.145. The Bertz CT molecular complexity index is 376. The van der Waals surface area contributed by atoms with E-state index in [4.69, 9.17) is 0 Å². The molecule has 0 saturated carbocycles. The van der Waals surface area contributed by atoms with Crippen molar-refractivity contribution in [2.45, 2.75) is 32.9 Å². The topological polar surface area (TPSA) is 57.8 Å². The molecule has 2 N–H and O–H groups in total. The minimum absolute atomic E-state index is 0.200. The van der Waals surface area contributed by atoms with Gasteiger partial charge in [-0.15, -0.1) is 0 Å². The summed E-state index contributed by atoms with van der Waals surface area (Å²) in [6.07, 6.45) is -2.72. The van der Waals surface area contributed by atoms with E-state index in [1.807, 2.05) is 13.8 Å². The number of hydrogen-bond donors (Lipinski definition) is 2. The first-order valence-corrected chi connectivity index (χ1v) is 4.60. The zero-order chi connectivity index (χ0) is 11.4. The lowest BCUT2D eigenvalue weighted by Gasteiger charge is -2.07. The summed E-state index contributed by atoms with van der Waals surface area (Å²) in [6, 6.07) is 1.01. The molecule has 0 bridgehead atoms. The van der Waals surface area contributed by atoms with E-state index in [0.29, 0.717) is 0 Å². The molecule has 1 aromatic heterocycles. The van der Waals surface area contributed by atoms with Crippen molar-refractivity contribution in [1.82, 2.24) is 15.3 Å². The molecule has 0 aliphatic heterocycles. The van der Waals surface area contributed by atoms with Gasteiger partial charge in [-0.2, -0.15) is 0 Å². The molecule has 0 saturated heterocycles. The van der Waals surface area contributed by atoms with Crippen molar-refractivity contribution in [3.8, 4) is 0 Å². The monoisotopic (exact) mass is 217 g/mol. The maximum Gasteiger partial charge on any atom is 0.280 e. The average Bonchev–Trinajstić information content (AvgIpc) is 2.13. The van der Waals surface area contributed by atoms with E-state index in [1.165, 1.54) is 0 Å². The van der Waals surface area contributed by atoms with Gasteiger partial charge in [0.2, 0.25) is 0 Å². The lowest BCUT2D eigenvalue weighted by atomic mass is 10.3. The molecule has 0 fully saturated rings. The summed E-state index contributed by atoms with van der Waals surface area (Å²) in [4.78, 5) is 17.0. The van der Waals surface area contributed by atoms with Crippen molar-refractivity contribution in [2.24, 2.45) is 0 Å². The van der Waals surface area contributed by atoms with Crippen LogP contribution >= 0.6 is 0 Å². The van der Waals surface area contributed by atoms with Crippen LogP contribution in [0.15, 0.2) is 10.9 Å². The number of rotatable bonds is 4. The molecule has 1 aromatic rings. The number of alkyl halides is 2. The second-order valence-corrected chi connectivity index (χ2v) is 3.45. The highest BCUT2D eigenvalue weighted by Crippen LogP contribution is 2.13. The fraction of sp³-hybridized carbons (Fsp3) is 0.556. The van der Waals surface area contributed by atoms with E-state index < -0.39 is 17.7 Å². The Morgan fingerprint density at radius 1 is 1.53 bits per heavy atom. The van der Waals surface area contributed by atoms with Gasteiger partial charge in [0.05, 0.1) is 6.54 Å². The molecule has 0 aliphatic rings. The normalized spacial score (nSPS) is 11.3. The number of nitrogens with one attached hydrogen (secondary N) is 2. The molecule has 0 aliphatic carbocycles. The van der Waals surface area contributed by atoms with Gasteiger partial charge in [-0.05, 0) is 0 Å². The van der Waals surface area contributed by atoms with Crippen LogP contribution in [0.3, 0.4) is 0 Å². The van der Waals surface area contributed by atoms with E-state index in [2.05, 4.69) is 15.3 Å². The fourth-order valence-electron chi connectivity index (χ4n) is 1.02. The smallest absolute Gasteiger partial charge is 0.280 e. The van der Waals surface area contributed by atoms with Gasteiger partial charge < -0.3 is 10.3 Å². The summed E-state index contributed by atoms with van der Waals surface area (Å²) in [5.41, 5.74) is -1.04. The number of aromatic nitrogens is 2. The van der Waals surface area contributed by atoms with Gasteiger partial charge in [-0.1, -0.05) is 13.8 Å². The predicted octanol–water partition coefficient (Wildman–Crippen LogP) is 1.21. The van der Waals surface area contributed by atoms with Gasteiger partial charge in [0.1, 0.15) is 11.5 Å². The van der Waals surface area contributed by atoms with Crippen LogP contribution < -0.4 is 10.9 Å². The maximum absolute atomic E-state index is 12.3. The average molecular weight is 217 g/mol. The Hall–Kier alpha value is -1.30. The van der Waals surface area contributed by atoms with Crippen molar-refractivity contribution in [1.29, 1.82) is 0 Å². The van der Waals surface area contributed by atoms with E-state index >= 15 is 0 Å². The molecule has 15 heavy (non-hydrogen) atoms. The maximum atomic E-state index is 12.3. The molecule has 0 spiro atoms. The Kier molecular flexibility index (Phi) is 3.90. The predicted molar refractivity (Wildman–Crippen MR) is 51.8 cm³/mol. The van der Waals surface area contributed by atoms with Crippen molar-refractivity contribution in [3.63, 3.8) is 0 Å². The van der Waals surface area contributed by atoms with Gasteiger partial charge in [-0.25, -0.2) is 13.8 Å².